The maximum atomic E-state index is 10.5. The molecule has 12 heavy (non-hydrogen) atoms. The summed E-state index contributed by atoms with van der Waals surface area (Å²) in [4.78, 5) is 10.5. The number of allylic oxidation sites excluding steroid dienone is 1. The van der Waals surface area contributed by atoms with Crippen molar-refractivity contribution in [2.75, 3.05) is 0 Å². The van der Waals surface area contributed by atoms with E-state index >= 15 is 0 Å². The summed E-state index contributed by atoms with van der Waals surface area (Å²) in [5.74, 6) is -0.235. The van der Waals surface area contributed by atoms with Gasteiger partial charge in [0.05, 0.1) is 0 Å². The van der Waals surface area contributed by atoms with Crippen LogP contribution in [0.1, 0.15) is 34.6 Å². The third kappa shape index (κ3) is 7.32. The molecule has 2 nitrogen and oxygen atoms in total. The van der Waals surface area contributed by atoms with Gasteiger partial charge in [-0.3, -0.25) is 4.79 Å². The number of carbonyl (C=O) groups is 1. The molecule has 0 fully saturated rings. The second-order valence-electron chi connectivity index (χ2n) is 4.04. The van der Waals surface area contributed by atoms with E-state index in [0.29, 0.717) is 0 Å². The average Bonchev–Trinajstić information content (AvgIpc) is 1.80. The number of hydrogen-bond donors (Lipinski definition) is 0. The lowest BCUT2D eigenvalue weighted by molar-refractivity contribution is -0.143. The van der Waals surface area contributed by atoms with Gasteiger partial charge in [-0.1, -0.05) is 26.8 Å². The van der Waals surface area contributed by atoms with Crippen LogP contribution in [0.2, 0.25) is 0 Å². The van der Waals surface area contributed by atoms with Crippen LogP contribution in [0, 0.1) is 5.41 Å². The first kappa shape index (κ1) is 11.2. The number of hydrogen-bond acceptors (Lipinski definition) is 2. The lowest BCUT2D eigenvalue weighted by Gasteiger charge is -2.13. The Kier molecular flexibility index (Phi) is 4.01. The van der Waals surface area contributed by atoms with Gasteiger partial charge in [0.1, 0.15) is 6.10 Å². The zero-order valence-corrected chi connectivity index (χ0v) is 8.55. The van der Waals surface area contributed by atoms with E-state index in [2.05, 4.69) is 20.8 Å². The number of esters is 1. The third-order valence-electron chi connectivity index (χ3n) is 1.22. The standard InChI is InChI=1S/C10H18O2/c1-8(12-9(2)11)6-7-10(3,4)5/h6-8H,1-5H3/b7-6+/t8-/m1/s1. The van der Waals surface area contributed by atoms with E-state index in [4.69, 9.17) is 4.74 Å². The second kappa shape index (κ2) is 4.29. The molecule has 0 amide bonds. The minimum atomic E-state index is -0.235. The van der Waals surface area contributed by atoms with Crippen molar-refractivity contribution in [2.45, 2.75) is 40.7 Å². The molecule has 0 radical (unpaired) electrons. The Labute approximate surface area is 74.6 Å². The van der Waals surface area contributed by atoms with Gasteiger partial charge in [-0.2, -0.15) is 0 Å². The fourth-order valence-electron chi connectivity index (χ4n) is 0.725. The first-order valence-electron chi connectivity index (χ1n) is 4.18. The Balaban J connectivity index is 3.91. The molecule has 0 aromatic heterocycles. The molecular formula is C10H18O2. The molecular weight excluding hydrogens is 152 g/mol. The molecule has 0 rings (SSSR count). The molecule has 0 spiro atoms. The largest absolute Gasteiger partial charge is 0.459 e. The molecule has 0 aromatic rings. The first-order chi connectivity index (χ1) is 5.31. The van der Waals surface area contributed by atoms with Gasteiger partial charge in [0.25, 0.3) is 0 Å². The van der Waals surface area contributed by atoms with Crippen LogP contribution in [-0.4, -0.2) is 12.1 Å². The van der Waals surface area contributed by atoms with Crippen molar-refractivity contribution in [1.29, 1.82) is 0 Å². The van der Waals surface area contributed by atoms with Crippen molar-refractivity contribution in [3.8, 4) is 0 Å². The predicted molar refractivity (Wildman–Crippen MR) is 49.8 cm³/mol. The number of rotatable bonds is 2. The maximum Gasteiger partial charge on any atom is 0.303 e. The zero-order valence-electron chi connectivity index (χ0n) is 8.55. The maximum absolute atomic E-state index is 10.5. The predicted octanol–water partition coefficient (Wildman–Crippen LogP) is 2.54. The van der Waals surface area contributed by atoms with Gasteiger partial charge in [0.15, 0.2) is 0 Å². The summed E-state index contributed by atoms with van der Waals surface area (Å²) in [7, 11) is 0. The smallest absolute Gasteiger partial charge is 0.303 e. The summed E-state index contributed by atoms with van der Waals surface area (Å²) >= 11 is 0. The van der Waals surface area contributed by atoms with Crippen LogP contribution in [0.4, 0.5) is 0 Å². The molecule has 0 aromatic carbocycles. The fourth-order valence-corrected chi connectivity index (χ4v) is 0.725. The van der Waals surface area contributed by atoms with Crippen molar-refractivity contribution in [3.05, 3.63) is 12.2 Å². The molecule has 70 valence electrons. The Hall–Kier alpha value is -0.790. The van der Waals surface area contributed by atoms with E-state index in [0.717, 1.165) is 0 Å². The normalized spacial score (nSPS) is 14.8. The Morgan fingerprint density at radius 1 is 1.42 bits per heavy atom. The SMILES string of the molecule is CC(=O)O[C@H](C)/C=C/C(C)(C)C. The van der Waals surface area contributed by atoms with Crippen LogP contribution in [0.3, 0.4) is 0 Å². The van der Waals surface area contributed by atoms with Crippen LogP contribution in [0.25, 0.3) is 0 Å². The third-order valence-corrected chi connectivity index (χ3v) is 1.22. The highest BCUT2D eigenvalue weighted by Crippen LogP contribution is 2.15. The summed E-state index contributed by atoms with van der Waals surface area (Å²) in [6, 6.07) is 0. The van der Waals surface area contributed by atoms with E-state index in [1.54, 1.807) is 0 Å². The highest BCUT2D eigenvalue weighted by Gasteiger charge is 2.06. The van der Waals surface area contributed by atoms with Crippen molar-refractivity contribution in [1.82, 2.24) is 0 Å². The topological polar surface area (TPSA) is 26.3 Å². The lowest BCUT2D eigenvalue weighted by Crippen LogP contribution is -2.10. The quantitative estimate of drug-likeness (QED) is 0.470. The molecule has 0 aliphatic carbocycles. The van der Waals surface area contributed by atoms with Crippen LogP contribution < -0.4 is 0 Å². The van der Waals surface area contributed by atoms with Crippen molar-refractivity contribution in [3.63, 3.8) is 0 Å². The molecule has 0 N–H and O–H groups in total. The van der Waals surface area contributed by atoms with Crippen molar-refractivity contribution in [2.24, 2.45) is 5.41 Å². The Morgan fingerprint density at radius 3 is 2.25 bits per heavy atom. The Morgan fingerprint density at radius 2 is 1.92 bits per heavy atom. The van der Waals surface area contributed by atoms with Crippen molar-refractivity contribution < 1.29 is 9.53 Å². The minimum Gasteiger partial charge on any atom is -0.459 e. The molecule has 0 aliphatic heterocycles. The van der Waals surface area contributed by atoms with Crippen LogP contribution in [-0.2, 0) is 9.53 Å². The first-order valence-corrected chi connectivity index (χ1v) is 4.18. The van der Waals surface area contributed by atoms with E-state index < -0.39 is 0 Å². The summed E-state index contributed by atoms with van der Waals surface area (Å²) in [6.07, 6.45) is 3.82. The molecule has 0 saturated carbocycles. The molecule has 2 heteroatoms. The van der Waals surface area contributed by atoms with Crippen LogP contribution in [0.5, 0.6) is 0 Å². The lowest BCUT2D eigenvalue weighted by atomic mass is 9.96. The fraction of sp³-hybridized carbons (Fsp3) is 0.700. The minimum absolute atomic E-state index is 0.123. The Bertz CT molecular complexity index is 175. The van der Waals surface area contributed by atoms with Crippen molar-refractivity contribution >= 4 is 5.97 Å². The number of ether oxygens (including phenoxy) is 1. The van der Waals surface area contributed by atoms with E-state index in [1.807, 2.05) is 19.1 Å². The second-order valence-corrected chi connectivity index (χ2v) is 4.04. The monoisotopic (exact) mass is 170 g/mol. The van der Waals surface area contributed by atoms with Gasteiger partial charge in [0, 0.05) is 6.92 Å². The molecule has 0 aliphatic rings. The van der Waals surface area contributed by atoms with Crippen LogP contribution >= 0.6 is 0 Å². The van der Waals surface area contributed by atoms with Crippen LogP contribution in [0.15, 0.2) is 12.2 Å². The van der Waals surface area contributed by atoms with E-state index in [1.165, 1.54) is 6.92 Å². The zero-order chi connectivity index (χ0) is 9.78. The van der Waals surface area contributed by atoms with Gasteiger partial charge in [-0.25, -0.2) is 0 Å². The van der Waals surface area contributed by atoms with Gasteiger partial charge in [-0.05, 0) is 18.4 Å². The molecule has 0 unspecified atom stereocenters. The van der Waals surface area contributed by atoms with Gasteiger partial charge < -0.3 is 4.74 Å². The van der Waals surface area contributed by atoms with E-state index in [-0.39, 0.29) is 17.5 Å². The van der Waals surface area contributed by atoms with Gasteiger partial charge in [-0.15, -0.1) is 0 Å². The summed E-state index contributed by atoms with van der Waals surface area (Å²) < 4.78 is 4.92. The van der Waals surface area contributed by atoms with E-state index in [9.17, 15) is 4.79 Å². The van der Waals surface area contributed by atoms with Gasteiger partial charge in [0.2, 0.25) is 0 Å². The highest BCUT2D eigenvalue weighted by atomic mass is 16.5. The summed E-state index contributed by atoms with van der Waals surface area (Å²) in [5, 5.41) is 0. The summed E-state index contributed by atoms with van der Waals surface area (Å²) in [6.45, 7) is 9.57. The average molecular weight is 170 g/mol. The number of carbonyl (C=O) groups excluding carboxylic acids is 1. The summed E-state index contributed by atoms with van der Waals surface area (Å²) in [5.41, 5.74) is 0.147. The molecule has 0 saturated heterocycles. The molecule has 0 bridgehead atoms. The molecule has 0 heterocycles. The van der Waals surface area contributed by atoms with Gasteiger partial charge >= 0.3 is 5.97 Å². The highest BCUT2D eigenvalue weighted by molar-refractivity contribution is 5.66. The molecule has 1 atom stereocenters.